The summed E-state index contributed by atoms with van der Waals surface area (Å²) in [4.78, 5) is 7.54. The van der Waals surface area contributed by atoms with Crippen molar-refractivity contribution in [1.82, 2.24) is 9.88 Å². The zero-order valence-electron chi connectivity index (χ0n) is 15.4. The molecule has 0 amide bonds. The van der Waals surface area contributed by atoms with E-state index in [-0.39, 0.29) is 0 Å². The number of nitrogens with one attached hydrogen (secondary N) is 1. The summed E-state index contributed by atoms with van der Waals surface area (Å²) in [7, 11) is 0. The predicted octanol–water partition coefficient (Wildman–Crippen LogP) is 4.52. The van der Waals surface area contributed by atoms with Crippen LogP contribution in [0.15, 0.2) is 45.1 Å². The maximum Gasteiger partial charge on any atom is 0.135 e. The average molecular weight is 379 g/mol. The topological polar surface area (TPSA) is 65.2 Å². The number of rotatable bonds is 5. The van der Waals surface area contributed by atoms with Crippen molar-refractivity contribution in [2.45, 2.75) is 25.8 Å². The van der Waals surface area contributed by atoms with Crippen LogP contribution in [0.3, 0.4) is 0 Å². The van der Waals surface area contributed by atoms with Crippen LogP contribution in [0.5, 0.6) is 0 Å². The van der Waals surface area contributed by atoms with Crippen LogP contribution in [-0.2, 0) is 0 Å². The SMILES string of the molecule is CCN1CCCC1CNc1nc2cc(C3=NN=NC3)ccc2c2sccc12. The zero-order chi connectivity index (χ0) is 18.2. The third-order valence-electron chi connectivity index (χ3n) is 5.59. The summed E-state index contributed by atoms with van der Waals surface area (Å²) in [6, 6.07) is 9.14. The molecule has 2 aliphatic rings. The number of nitrogens with zero attached hydrogens (tertiary/aromatic N) is 5. The van der Waals surface area contributed by atoms with E-state index in [4.69, 9.17) is 4.98 Å². The Hall–Kier alpha value is -2.38. The highest BCUT2D eigenvalue weighted by molar-refractivity contribution is 7.18. The Morgan fingerprint density at radius 1 is 1.26 bits per heavy atom. The van der Waals surface area contributed by atoms with E-state index in [1.165, 1.54) is 34.9 Å². The van der Waals surface area contributed by atoms with Gasteiger partial charge in [0.2, 0.25) is 0 Å². The lowest BCUT2D eigenvalue weighted by molar-refractivity contribution is 0.277. The Morgan fingerprint density at radius 2 is 2.22 bits per heavy atom. The maximum absolute atomic E-state index is 4.98. The second kappa shape index (κ2) is 6.98. The first-order valence-corrected chi connectivity index (χ1v) is 10.4. The maximum atomic E-state index is 4.98. The van der Waals surface area contributed by atoms with Gasteiger partial charge in [0.05, 0.1) is 11.2 Å². The van der Waals surface area contributed by atoms with Crippen LogP contribution in [-0.4, -0.2) is 47.8 Å². The van der Waals surface area contributed by atoms with Gasteiger partial charge in [-0.1, -0.05) is 19.1 Å². The molecule has 138 valence electrons. The number of fused-ring (bicyclic) bond motifs is 3. The molecule has 0 spiro atoms. The molecule has 0 bridgehead atoms. The van der Waals surface area contributed by atoms with Gasteiger partial charge in [0.1, 0.15) is 12.4 Å². The average Bonchev–Trinajstić information content (AvgIpc) is 3.46. The van der Waals surface area contributed by atoms with Crippen molar-refractivity contribution in [1.29, 1.82) is 0 Å². The highest BCUT2D eigenvalue weighted by atomic mass is 32.1. The van der Waals surface area contributed by atoms with Gasteiger partial charge in [-0.2, -0.15) is 5.11 Å². The molecule has 0 aliphatic carbocycles. The van der Waals surface area contributed by atoms with E-state index in [2.05, 4.69) is 62.2 Å². The van der Waals surface area contributed by atoms with Gasteiger partial charge in [0.15, 0.2) is 0 Å². The molecule has 5 rings (SSSR count). The van der Waals surface area contributed by atoms with Crippen LogP contribution in [0.4, 0.5) is 5.82 Å². The predicted molar refractivity (Wildman–Crippen MR) is 112 cm³/mol. The first kappa shape index (κ1) is 16.8. The summed E-state index contributed by atoms with van der Waals surface area (Å²) in [6.07, 6.45) is 2.55. The second-order valence-electron chi connectivity index (χ2n) is 7.10. The summed E-state index contributed by atoms with van der Waals surface area (Å²) in [6.45, 7) is 6.07. The normalized spacial score (nSPS) is 20.0. The molecule has 1 unspecified atom stereocenters. The van der Waals surface area contributed by atoms with Gasteiger partial charge >= 0.3 is 0 Å². The Balaban J connectivity index is 1.51. The first-order chi connectivity index (χ1) is 13.3. The molecular formula is C20H22N6S. The summed E-state index contributed by atoms with van der Waals surface area (Å²) in [5.41, 5.74) is 2.96. The van der Waals surface area contributed by atoms with Crippen molar-refractivity contribution in [3.63, 3.8) is 0 Å². The summed E-state index contributed by atoms with van der Waals surface area (Å²) in [5, 5.41) is 20.0. The lowest BCUT2D eigenvalue weighted by atomic mass is 10.1. The van der Waals surface area contributed by atoms with Crippen LogP contribution in [0.25, 0.3) is 21.0 Å². The quantitative estimate of drug-likeness (QED) is 0.710. The van der Waals surface area contributed by atoms with Crippen molar-refractivity contribution in [2.24, 2.45) is 15.4 Å². The van der Waals surface area contributed by atoms with Gasteiger partial charge in [-0.15, -0.1) is 16.4 Å². The van der Waals surface area contributed by atoms with Gasteiger partial charge in [-0.05, 0) is 48.7 Å². The number of benzene rings is 1. The Morgan fingerprint density at radius 3 is 3.07 bits per heavy atom. The van der Waals surface area contributed by atoms with Gasteiger partial charge in [0.25, 0.3) is 0 Å². The van der Waals surface area contributed by atoms with Crippen molar-refractivity contribution in [2.75, 3.05) is 31.5 Å². The monoisotopic (exact) mass is 378 g/mol. The van der Waals surface area contributed by atoms with Crippen molar-refractivity contribution < 1.29 is 0 Å². The molecule has 6 nitrogen and oxygen atoms in total. The number of likely N-dealkylation sites (N-methyl/N-ethyl adjacent to an activating group) is 1. The van der Waals surface area contributed by atoms with Crippen LogP contribution < -0.4 is 5.32 Å². The molecule has 1 atom stereocenters. The van der Waals surface area contributed by atoms with E-state index in [9.17, 15) is 0 Å². The standard InChI is InChI=1S/C20H22N6S/c1-2-26-8-3-4-14(26)11-21-20-16-7-9-27-19(16)15-6-5-13(10-17(15)23-20)18-12-22-25-24-18/h5-7,9-10,14H,2-4,8,11-12H2,1H3,(H,21,23). The Kier molecular flexibility index (Phi) is 4.33. The van der Waals surface area contributed by atoms with Crippen LogP contribution in [0, 0.1) is 0 Å². The lowest BCUT2D eigenvalue weighted by Crippen LogP contribution is -2.34. The largest absolute Gasteiger partial charge is 0.368 e. The fraction of sp³-hybridized carbons (Fsp3) is 0.400. The van der Waals surface area contributed by atoms with E-state index < -0.39 is 0 Å². The molecule has 0 radical (unpaired) electrons. The van der Waals surface area contributed by atoms with E-state index in [0.717, 1.165) is 35.7 Å². The number of hydrogen-bond donors (Lipinski definition) is 1. The van der Waals surface area contributed by atoms with Crippen LogP contribution >= 0.6 is 11.3 Å². The molecule has 1 fully saturated rings. The molecule has 2 aliphatic heterocycles. The molecule has 27 heavy (non-hydrogen) atoms. The van der Waals surface area contributed by atoms with Gasteiger partial charge in [-0.25, -0.2) is 4.98 Å². The number of aromatic nitrogens is 1. The summed E-state index contributed by atoms with van der Waals surface area (Å²) in [5.74, 6) is 0.988. The third kappa shape index (κ3) is 3.00. The summed E-state index contributed by atoms with van der Waals surface area (Å²) >= 11 is 1.77. The Labute approximate surface area is 162 Å². The Bertz CT molecular complexity index is 1050. The number of likely N-dealkylation sites (tertiary alicyclic amines) is 1. The molecule has 1 N–H and O–H groups in total. The fourth-order valence-corrected chi connectivity index (χ4v) is 5.07. The van der Waals surface area contributed by atoms with Gasteiger partial charge in [-0.3, -0.25) is 4.90 Å². The molecule has 1 saturated heterocycles. The van der Waals surface area contributed by atoms with E-state index in [0.29, 0.717) is 12.6 Å². The number of anilines is 1. The zero-order valence-corrected chi connectivity index (χ0v) is 16.2. The van der Waals surface area contributed by atoms with Gasteiger partial charge in [0, 0.05) is 33.6 Å². The number of pyridine rings is 1. The minimum Gasteiger partial charge on any atom is -0.368 e. The number of hydrogen-bond acceptors (Lipinski definition) is 7. The lowest BCUT2D eigenvalue weighted by Gasteiger charge is -2.23. The van der Waals surface area contributed by atoms with Crippen LogP contribution in [0.2, 0.25) is 0 Å². The molecular weight excluding hydrogens is 356 g/mol. The summed E-state index contributed by atoms with van der Waals surface area (Å²) < 4.78 is 1.29. The molecule has 7 heteroatoms. The first-order valence-electron chi connectivity index (χ1n) is 9.56. The molecule has 0 saturated carbocycles. The smallest absolute Gasteiger partial charge is 0.135 e. The second-order valence-corrected chi connectivity index (χ2v) is 8.01. The minimum atomic E-state index is 0.548. The van der Waals surface area contributed by atoms with E-state index in [1.54, 1.807) is 11.3 Å². The number of thiophene rings is 1. The van der Waals surface area contributed by atoms with E-state index >= 15 is 0 Å². The third-order valence-corrected chi connectivity index (χ3v) is 6.54. The van der Waals surface area contributed by atoms with E-state index in [1.807, 2.05) is 0 Å². The van der Waals surface area contributed by atoms with Crippen molar-refractivity contribution in [3.05, 3.63) is 35.2 Å². The van der Waals surface area contributed by atoms with Crippen molar-refractivity contribution >= 4 is 43.9 Å². The highest BCUT2D eigenvalue weighted by Gasteiger charge is 2.23. The molecule has 3 aromatic rings. The van der Waals surface area contributed by atoms with Crippen molar-refractivity contribution in [3.8, 4) is 0 Å². The minimum absolute atomic E-state index is 0.548. The molecule has 1 aromatic carbocycles. The molecule has 2 aromatic heterocycles. The molecule has 4 heterocycles. The van der Waals surface area contributed by atoms with Crippen LogP contribution in [0.1, 0.15) is 25.3 Å². The van der Waals surface area contributed by atoms with Gasteiger partial charge < -0.3 is 5.32 Å². The highest BCUT2D eigenvalue weighted by Crippen LogP contribution is 2.34. The fourth-order valence-electron chi connectivity index (χ4n) is 4.14.